The Kier molecular flexibility index (Phi) is 4.40. The second-order valence-electron chi connectivity index (χ2n) is 5.30. The summed E-state index contributed by atoms with van der Waals surface area (Å²) < 4.78 is 55.9. The molecular formula is C12H16BrNO5S2. The van der Waals surface area contributed by atoms with Crippen LogP contribution < -0.4 is 9.46 Å². The van der Waals surface area contributed by atoms with Crippen LogP contribution in [0.3, 0.4) is 0 Å². The zero-order chi connectivity index (χ0) is 15.9. The van der Waals surface area contributed by atoms with Crippen molar-refractivity contribution in [2.75, 3.05) is 18.6 Å². The maximum absolute atomic E-state index is 12.4. The second-order valence-corrected chi connectivity index (χ2v) is 10.0. The number of hydrogen-bond acceptors (Lipinski definition) is 5. The van der Waals surface area contributed by atoms with Gasteiger partial charge in [0.05, 0.1) is 28.0 Å². The first-order chi connectivity index (χ1) is 9.57. The molecule has 0 bridgehead atoms. The number of sulfonamides is 1. The lowest BCUT2D eigenvalue weighted by Gasteiger charge is -2.23. The van der Waals surface area contributed by atoms with Gasteiger partial charge in [0.15, 0.2) is 9.84 Å². The molecule has 0 spiro atoms. The van der Waals surface area contributed by atoms with Crippen molar-refractivity contribution in [3.63, 3.8) is 0 Å². The monoisotopic (exact) mass is 397 g/mol. The standard InChI is InChI=1S/C12H16BrNO5S2/c1-12(5-6-20(15,16)8-12)14-21(17,18)9-3-4-11(19-2)10(13)7-9/h3-4,7,14H,5-6,8H2,1-2H3/t12-/m1/s1. The molecule has 2 rings (SSSR count). The van der Waals surface area contributed by atoms with Crippen LogP contribution >= 0.6 is 15.9 Å². The number of methoxy groups -OCH3 is 1. The highest BCUT2D eigenvalue weighted by Crippen LogP contribution is 2.29. The number of benzene rings is 1. The van der Waals surface area contributed by atoms with Crippen LogP contribution in [0.2, 0.25) is 0 Å². The number of sulfone groups is 1. The SMILES string of the molecule is COc1ccc(S(=O)(=O)N[C@]2(C)CCS(=O)(=O)C2)cc1Br. The van der Waals surface area contributed by atoms with E-state index in [2.05, 4.69) is 20.7 Å². The molecule has 0 radical (unpaired) electrons. The zero-order valence-electron chi connectivity index (χ0n) is 11.6. The molecule has 9 heteroatoms. The van der Waals surface area contributed by atoms with Crippen LogP contribution in [-0.2, 0) is 19.9 Å². The van der Waals surface area contributed by atoms with Crippen molar-refractivity contribution in [3.8, 4) is 5.75 Å². The Hall–Kier alpha value is -0.640. The summed E-state index contributed by atoms with van der Waals surface area (Å²) in [4.78, 5) is 0.0562. The highest BCUT2D eigenvalue weighted by Gasteiger charge is 2.41. The molecular weight excluding hydrogens is 382 g/mol. The molecule has 1 aliphatic rings. The summed E-state index contributed by atoms with van der Waals surface area (Å²) in [7, 11) is -5.50. The Morgan fingerprint density at radius 3 is 2.52 bits per heavy atom. The molecule has 118 valence electrons. The molecule has 0 aromatic heterocycles. The van der Waals surface area contributed by atoms with Gasteiger partial charge in [-0.15, -0.1) is 0 Å². The molecule has 1 N–H and O–H groups in total. The van der Waals surface area contributed by atoms with Crippen LogP contribution in [-0.4, -0.2) is 41.0 Å². The van der Waals surface area contributed by atoms with Crippen LogP contribution in [0.5, 0.6) is 5.75 Å². The number of ether oxygens (including phenoxy) is 1. The van der Waals surface area contributed by atoms with E-state index in [1.165, 1.54) is 25.3 Å². The van der Waals surface area contributed by atoms with E-state index < -0.39 is 25.4 Å². The molecule has 0 amide bonds. The molecule has 1 atom stereocenters. The first-order valence-corrected chi connectivity index (χ1v) is 10.2. The minimum atomic E-state index is -3.80. The summed E-state index contributed by atoms with van der Waals surface area (Å²) >= 11 is 3.23. The number of halogens is 1. The van der Waals surface area contributed by atoms with E-state index in [0.717, 1.165) is 0 Å². The minimum Gasteiger partial charge on any atom is -0.496 e. The molecule has 1 heterocycles. The first-order valence-electron chi connectivity index (χ1n) is 6.15. The molecule has 1 fully saturated rings. The molecule has 21 heavy (non-hydrogen) atoms. The molecule has 1 saturated heterocycles. The van der Waals surface area contributed by atoms with Crippen LogP contribution in [0, 0.1) is 0 Å². The van der Waals surface area contributed by atoms with E-state index in [4.69, 9.17) is 4.74 Å². The quantitative estimate of drug-likeness (QED) is 0.826. The van der Waals surface area contributed by atoms with Crippen LogP contribution in [0.15, 0.2) is 27.6 Å². The maximum atomic E-state index is 12.4. The highest BCUT2D eigenvalue weighted by atomic mass is 79.9. The van der Waals surface area contributed by atoms with Crippen LogP contribution in [0.4, 0.5) is 0 Å². The van der Waals surface area contributed by atoms with Gasteiger partial charge in [0.2, 0.25) is 10.0 Å². The van der Waals surface area contributed by atoms with E-state index in [-0.39, 0.29) is 22.8 Å². The number of nitrogens with one attached hydrogen (secondary N) is 1. The number of rotatable bonds is 4. The van der Waals surface area contributed by atoms with Gasteiger partial charge in [0.25, 0.3) is 0 Å². The third kappa shape index (κ3) is 3.77. The van der Waals surface area contributed by atoms with Crippen molar-refractivity contribution in [2.45, 2.75) is 23.8 Å². The van der Waals surface area contributed by atoms with E-state index in [9.17, 15) is 16.8 Å². The Balaban J connectivity index is 2.29. The minimum absolute atomic E-state index is 0.00166. The Morgan fingerprint density at radius 1 is 1.38 bits per heavy atom. The highest BCUT2D eigenvalue weighted by molar-refractivity contribution is 9.10. The lowest BCUT2D eigenvalue weighted by Crippen LogP contribution is -2.46. The predicted molar refractivity (Wildman–Crippen MR) is 82.7 cm³/mol. The Bertz CT molecular complexity index is 760. The Labute approximate surface area is 133 Å². The van der Waals surface area contributed by atoms with Crippen molar-refractivity contribution in [1.82, 2.24) is 4.72 Å². The van der Waals surface area contributed by atoms with Gasteiger partial charge < -0.3 is 4.74 Å². The van der Waals surface area contributed by atoms with Gasteiger partial charge in [-0.2, -0.15) is 0 Å². The average molecular weight is 398 g/mol. The van der Waals surface area contributed by atoms with E-state index in [1.54, 1.807) is 6.92 Å². The second kappa shape index (κ2) is 5.53. The van der Waals surface area contributed by atoms with Gasteiger partial charge in [0.1, 0.15) is 5.75 Å². The van der Waals surface area contributed by atoms with E-state index in [1.807, 2.05) is 0 Å². The molecule has 1 aromatic rings. The third-order valence-corrected chi connectivity index (χ3v) is 7.48. The van der Waals surface area contributed by atoms with Crippen molar-refractivity contribution in [2.24, 2.45) is 0 Å². The summed E-state index contributed by atoms with van der Waals surface area (Å²) in [5.74, 6) is 0.332. The van der Waals surface area contributed by atoms with Crippen molar-refractivity contribution >= 4 is 35.8 Å². The van der Waals surface area contributed by atoms with Gasteiger partial charge >= 0.3 is 0 Å². The average Bonchev–Trinajstić information content (AvgIpc) is 2.62. The summed E-state index contributed by atoms with van der Waals surface area (Å²) in [6.45, 7) is 1.60. The lowest BCUT2D eigenvalue weighted by atomic mass is 10.0. The summed E-state index contributed by atoms with van der Waals surface area (Å²) in [5.41, 5.74) is -0.968. The van der Waals surface area contributed by atoms with Crippen molar-refractivity contribution < 1.29 is 21.6 Å². The fourth-order valence-corrected chi connectivity index (χ4v) is 6.63. The molecule has 1 aliphatic heterocycles. The number of hydrogen-bond donors (Lipinski definition) is 1. The van der Waals surface area contributed by atoms with Gasteiger partial charge in [-0.25, -0.2) is 21.6 Å². The van der Waals surface area contributed by atoms with Gasteiger partial charge in [-0.05, 0) is 47.5 Å². The topological polar surface area (TPSA) is 89.5 Å². The summed E-state index contributed by atoms with van der Waals surface area (Å²) in [6, 6.07) is 4.37. The van der Waals surface area contributed by atoms with Crippen molar-refractivity contribution in [1.29, 1.82) is 0 Å². The van der Waals surface area contributed by atoms with Crippen LogP contribution in [0.25, 0.3) is 0 Å². The van der Waals surface area contributed by atoms with Gasteiger partial charge in [-0.1, -0.05) is 0 Å². The van der Waals surface area contributed by atoms with Gasteiger partial charge in [0, 0.05) is 5.54 Å². The lowest BCUT2D eigenvalue weighted by molar-refractivity contribution is 0.411. The fourth-order valence-electron chi connectivity index (χ4n) is 2.29. The smallest absolute Gasteiger partial charge is 0.241 e. The molecule has 0 aliphatic carbocycles. The van der Waals surface area contributed by atoms with E-state index in [0.29, 0.717) is 10.2 Å². The normalized spacial score (nSPS) is 24.9. The van der Waals surface area contributed by atoms with Crippen LogP contribution in [0.1, 0.15) is 13.3 Å². The largest absolute Gasteiger partial charge is 0.496 e. The van der Waals surface area contributed by atoms with Crippen molar-refractivity contribution in [3.05, 3.63) is 22.7 Å². The molecule has 0 saturated carbocycles. The molecule has 0 unspecified atom stereocenters. The third-order valence-electron chi connectivity index (χ3n) is 3.32. The van der Waals surface area contributed by atoms with E-state index >= 15 is 0 Å². The Morgan fingerprint density at radius 2 is 2.05 bits per heavy atom. The fraction of sp³-hybridized carbons (Fsp3) is 0.500. The summed E-state index contributed by atoms with van der Waals surface area (Å²) in [6.07, 6.45) is 0.270. The predicted octanol–water partition coefficient (Wildman–Crippen LogP) is 1.31. The first kappa shape index (κ1) is 16.7. The maximum Gasteiger partial charge on any atom is 0.241 e. The molecule has 6 nitrogen and oxygen atoms in total. The zero-order valence-corrected chi connectivity index (χ0v) is 14.8. The summed E-state index contributed by atoms with van der Waals surface area (Å²) in [5, 5.41) is 0. The van der Waals surface area contributed by atoms with Gasteiger partial charge in [-0.3, -0.25) is 0 Å². The molecule has 1 aromatic carbocycles.